The van der Waals surface area contributed by atoms with Crippen LogP contribution in [0.15, 0.2) is 17.5 Å². The minimum Gasteiger partial charge on any atom is -0.336 e. The molecule has 0 spiro atoms. The van der Waals surface area contributed by atoms with Gasteiger partial charge in [-0.05, 0) is 61.2 Å². The topological polar surface area (TPSA) is 20.3 Å². The van der Waals surface area contributed by atoms with Gasteiger partial charge < -0.3 is 4.90 Å². The quantitative estimate of drug-likeness (QED) is 0.829. The van der Waals surface area contributed by atoms with Crippen molar-refractivity contribution in [3.8, 4) is 0 Å². The Balaban J connectivity index is 1.75. The molecule has 2 aromatic heterocycles. The summed E-state index contributed by atoms with van der Waals surface area (Å²) in [7, 11) is 1.90. The fraction of sp³-hybridized carbons (Fsp3) is 0.438. The zero-order chi connectivity index (χ0) is 14.1. The molecule has 0 saturated carbocycles. The first-order valence-electron chi connectivity index (χ1n) is 7.05. The molecule has 4 heteroatoms. The van der Waals surface area contributed by atoms with Gasteiger partial charge in [0.2, 0.25) is 0 Å². The standard InChI is InChI=1S/C16H19NOS2/c1-11-7-8-19-15(11)10-17(2)16(18)14-9-12-5-3-4-6-13(12)20-14/h7-9H,3-6,10H2,1-2H3. The molecule has 2 heterocycles. The summed E-state index contributed by atoms with van der Waals surface area (Å²) in [5.74, 6) is 0.164. The molecule has 0 aromatic carbocycles. The summed E-state index contributed by atoms with van der Waals surface area (Å²) in [6, 6.07) is 4.24. The van der Waals surface area contributed by atoms with Crippen LogP contribution >= 0.6 is 22.7 Å². The van der Waals surface area contributed by atoms with Gasteiger partial charge in [-0.15, -0.1) is 22.7 Å². The Kier molecular flexibility index (Phi) is 3.94. The molecule has 0 atom stereocenters. The van der Waals surface area contributed by atoms with E-state index in [1.54, 1.807) is 22.7 Å². The summed E-state index contributed by atoms with van der Waals surface area (Å²) in [5.41, 5.74) is 2.69. The van der Waals surface area contributed by atoms with Crippen LogP contribution in [0, 0.1) is 6.92 Å². The number of carbonyl (C=O) groups excluding carboxylic acids is 1. The molecule has 0 N–H and O–H groups in total. The van der Waals surface area contributed by atoms with Crippen molar-refractivity contribution in [2.75, 3.05) is 7.05 Å². The molecule has 0 unspecified atom stereocenters. The van der Waals surface area contributed by atoms with Crippen molar-refractivity contribution < 1.29 is 4.79 Å². The van der Waals surface area contributed by atoms with Crippen LogP contribution in [0.4, 0.5) is 0 Å². The Morgan fingerprint density at radius 1 is 1.35 bits per heavy atom. The highest BCUT2D eigenvalue weighted by atomic mass is 32.1. The Morgan fingerprint density at radius 3 is 2.85 bits per heavy atom. The Morgan fingerprint density at radius 2 is 2.15 bits per heavy atom. The summed E-state index contributed by atoms with van der Waals surface area (Å²) in [6.45, 7) is 2.82. The number of rotatable bonds is 3. The van der Waals surface area contributed by atoms with Crippen molar-refractivity contribution in [1.29, 1.82) is 0 Å². The van der Waals surface area contributed by atoms with Crippen molar-refractivity contribution in [1.82, 2.24) is 4.90 Å². The fourth-order valence-electron chi connectivity index (χ4n) is 2.64. The van der Waals surface area contributed by atoms with Crippen LogP contribution in [0.5, 0.6) is 0 Å². The maximum absolute atomic E-state index is 12.5. The predicted octanol–water partition coefficient (Wildman–Crippen LogP) is 4.27. The number of amides is 1. The third-order valence-electron chi connectivity index (χ3n) is 3.90. The van der Waals surface area contributed by atoms with E-state index in [0.717, 1.165) is 17.7 Å². The second kappa shape index (κ2) is 5.70. The zero-order valence-corrected chi connectivity index (χ0v) is 13.6. The van der Waals surface area contributed by atoms with Gasteiger partial charge in [-0.25, -0.2) is 0 Å². The minimum absolute atomic E-state index is 0.164. The normalized spacial score (nSPS) is 14.1. The summed E-state index contributed by atoms with van der Waals surface area (Å²) in [6.07, 6.45) is 4.83. The van der Waals surface area contributed by atoms with E-state index < -0.39 is 0 Å². The molecule has 0 fully saturated rings. The van der Waals surface area contributed by atoms with Crippen LogP contribution < -0.4 is 0 Å². The van der Waals surface area contributed by atoms with Gasteiger partial charge in [-0.2, -0.15) is 0 Å². The van der Waals surface area contributed by atoms with Crippen molar-refractivity contribution in [2.24, 2.45) is 0 Å². The molecular formula is C16H19NOS2. The van der Waals surface area contributed by atoms with Crippen LogP contribution in [0.3, 0.4) is 0 Å². The maximum Gasteiger partial charge on any atom is 0.264 e. The lowest BCUT2D eigenvalue weighted by molar-refractivity contribution is 0.0791. The summed E-state index contributed by atoms with van der Waals surface area (Å²) >= 11 is 3.43. The third kappa shape index (κ3) is 2.67. The lowest BCUT2D eigenvalue weighted by Crippen LogP contribution is -2.25. The number of aryl methyl sites for hydroxylation is 3. The van der Waals surface area contributed by atoms with Crippen LogP contribution in [0.1, 0.15) is 43.4 Å². The molecule has 1 aliphatic carbocycles. The molecule has 0 aliphatic heterocycles. The van der Waals surface area contributed by atoms with Crippen LogP contribution in [0.25, 0.3) is 0 Å². The molecule has 0 saturated heterocycles. The van der Waals surface area contributed by atoms with Gasteiger partial charge in [0.25, 0.3) is 5.91 Å². The predicted molar refractivity (Wildman–Crippen MR) is 85.8 cm³/mol. The average Bonchev–Trinajstić information content (AvgIpc) is 3.04. The first-order chi connectivity index (χ1) is 9.65. The van der Waals surface area contributed by atoms with Gasteiger partial charge in [-0.3, -0.25) is 4.79 Å². The van der Waals surface area contributed by atoms with Crippen LogP contribution in [0.2, 0.25) is 0 Å². The van der Waals surface area contributed by atoms with Gasteiger partial charge >= 0.3 is 0 Å². The summed E-state index contributed by atoms with van der Waals surface area (Å²) in [4.78, 5) is 18.0. The molecule has 2 aromatic rings. The van der Waals surface area contributed by atoms with E-state index in [-0.39, 0.29) is 5.91 Å². The smallest absolute Gasteiger partial charge is 0.264 e. The van der Waals surface area contributed by atoms with E-state index in [0.29, 0.717) is 6.54 Å². The lowest BCUT2D eigenvalue weighted by Gasteiger charge is -2.15. The lowest BCUT2D eigenvalue weighted by atomic mass is 9.99. The number of nitrogens with zero attached hydrogens (tertiary/aromatic N) is 1. The number of hydrogen-bond acceptors (Lipinski definition) is 3. The van der Waals surface area contributed by atoms with E-state index in [4.69, 9.17) is 0 Å². The van der Waals surface area contributed by atoms with E-state index >= 15 is 0 Å². The molecule has 3 rings (SSSR count). The highest BCUT2D eigenvalue weighted by molar-refractivity contribution is 7.14. The molecular weight excluding hydrogens is 286 g/mol. The second-order valence-electron chi connectivity index (χ2n) is 5.45. The highest BCUT2D eigenvalue weighted by Crippen LogP contribution is 2.30. The fourth-order valence-corrected chi connectivity index (χ4v) is 4.84. The molecule has 20 heavy (non-hydrogen) atoms. The monoisotopic (exact) mass is 305 g/mol. The number of carbonyl (C=O) groups is 1. The van der Waals surface area contributed by atoms with Crippen molar-refractivity contribution in [2.45, 2.75) is 39.2 Å². The van der Waals surface area contributed by atoms with Gasteiger partial charge in [0.15, 0.2) is 0 Å². The summed E-state index contributed by atoms with van der Waals surface area (Å²) in [5, 5.41) is 2.09. The van der Waals surface area contributed by atoms with Crippen LogP contribution in [-0.4, -0.2) is 17.9 Å². The molecule has 106 valence electrons. The first-order valence-corrected chi connectivity index (χ1v) is 8.75. The number of hydrogen-bond donors (Lipinski definition) is 0. The van der Waals surface area contributed by atoms with Gasteiger partial charge in [0.05, 0.1) is 11.4 Å². The highest BCUT2D eigenvalue weighted by Gasteiger charge is 2.20. The molecule has 1 aliphatic rings. The summed E-state index contributed by atoms with van der Waals surface area (Å²) < 4.78 is 0. The Labute approximate surface area is 128 Å². The van der Waals surface area contributed by atoms with E-state index in [1.165, 1.54) is 33.7 Å². The zero-order valence-electron chi connectivity index (χ0n) is 11.9. The Hall–Kier alpha value is -1.13. The number of fused-ring (bicyclic) bond motifs is 1. The van der Waals surface area contributed by atoms with E-state index in [1.807, 2.05) is 11.9 Å². The second-order valence-corrected chi connectivity index (χ2v) is 7.59. The van der Waals surface area contributed by atoms with Gasteiger partial charge in [-0.1, -0.05) is 0 Å². The SMILES string of the molecule is Cc1ccsc1CN(C)C(=O)c1cc2c(s1)CCCC2. The van der Waals surface area contributed by atoms with Crippen LogP contribution in [-0.2, 0) is 19.4 Å². The molecule has 0 radical (unpaired) electrons. The van der Waals surface area contributed by atoms with E-state index in [2.05, 4.69) is 24.4 Å². The molecule has 2 nitrogen and oxygen atoms in total. The number of thiophene rings is 2. The van der Waals surface area contributed by atoms with Crippen molar-refractivity contribution in [3.63, 3.8) is 0 Å². The molecule has 0 bridgehead atoms. The largest absolute Gasteiger partial charge is 0.336 e. The molecule has 1 amide bonds. The first kappa shape index (κ1) is 13.8. The van der Waals surface area contributed by atoms with Crippen molar-refractivity contribution in [3.05, 3.63) is 43.3 Å². The Bertz CT molecular complexity index is 603. The van der Waals surface area contributed by atoms with Gasteiger partial charge in [0, 0.05) is 16.8 Å². The average molecular weight is 305 g/mol. The van der Waals surface area contributed by atoms with Crippen molar-refractivity contribution >= 4 is 28.6 Å². The minimum atomic E-state index is 0.164. The van der Waals surface area contributed by atoms with Gasteiger partial charge in [0.1, 0.15) is 0 Å². The maximum atomic E-state index is 12.5. The third-order valence-corrected chi connectivity index (χ3v) is 6.14. The van der Waals surface area contributed by atoms with E-state index in [9.17, 15) is 4.79 Å².